The molecule has 0 spiro atoms. The molecule has 1 N–H and O–H groups in total. The number of nitriles is 1. The molecule has 1 heterocycles. The second kappa shape index (κ2) is 5.81. The van der Waals surface area contributed by atoms with Gasteiger partial charge in [-0.05, 0) is 32.6 Å². The minimum absolute atomic E-state index is 0.0101. The molecule has 1 saturated carbocycles. The average Bonchev–Trinajstić information content (AvgIpc) is 3.14. The second-order valence-corrected chi connectivity index (χ2v) is 5.35. The molecule has 4 nitrogen and oxygen atoms in total. The Labute approximate surface area is 104 Å². The van der Waals surface area contributed by atoms with Crippen LogP contribution in [-0.4, -0.2) is 49.3 Å². The quantitative estimate of drug-likeness (QED) is 0.778. The molecule has 1 saturated heterocycles. The number of nitrogens with one attached hydrogen (secondary N) is 1. The molecule has 0 aromatic carbocycles. The lowest BCUT2D eigenvalue weighted by molar-refractivity contribution is 0.0145. The highest BCUT2D eigenvalue weighted by molar-refractivity contribution is 4.98. The summed E-state index contributed by atoms with van der Waals surface area (Å²) < 4.78 is 5.41. The lowest BCUT2D eigenvalue weighted by Gasteiger charge is -2.38. The highest BCUT2D eigenvalue weighted by atomic mass is 16.5. The Kier molecular flexibility index (Phi) is 4.38. The predicted octanol–water partition coefficient (Wildman–Crippen LogP) is 1.13. The number of nitrogens with zero attached hydrogens (tertiary/aromatic N) is 2. The van der Waals surface area contributed by atoms with Gasteiger partial charge in [0.15, 0.2) is 0 Å². The van der Waals surface area contributed by atoms with Gasteiger partial charge in [-0.3, -0.25) is 10.2 Å². The number of likely N-dealkylation sites (tertiary alicyclic amines) is 1. The van der Waals surface area contributed by atoms with Gasteiger partial charge in [-0.1, -0.05) is 0 Å². The van der Waals surface area contributed by atoms with Gasteiger partial charge in [0.25, 0.3) is 0 Å². The lowest BCUT2D eigenvalue weighted by atomic mass is 10.00. The van der Waals surface area contributed by atoms with Crippen molar-refractivity contribution in [1.29, 1.82) is 5.26 Å². The normalized spacial score (nSPS) is 32.1. The van der Waals surface area contributed by atoms with Crippen molar-refractivity contribution in [3.8, 4) is 6.07 Å². The van der Waals surface area contributed by atoms with Crippen LogP contribution in [0.5, 0.6) is 0 Å². The molecule has 0 aromatic rings. The van der Waals surface area contributed by atoms with Crippen molar-refractivity contribution >= 4 is 0 Å². The first-order valence-electron chi connectivity index (χ1n) is 6.65. The van der Waals surface area contributed by atoms with Crippen molar-refractivity contribution in [2.75, 3.05) is 20.2 Å². The smallest absolute Gasteiger partial charge is 0.108 e. The van der Waals surface area contributed by atoms with Crippen LogP contribution >= 0.6 is 0 Å². The first-order valence-corrected chi connectivity index (χ1v) is 6.65. The molecular weight excluding hydrogens is 214 g/mol. The maximum atomic E-state index is 9.15. The van der Waals surface area contributed by atoms with E-state index in [-0.39, 0.29) is 6.04 Å². The van der Waals surface area contributed by atoms with Crippen LogP contribution in [0.1, 0.15) is 32.6 Å². The standard InChI is InChI=1S/C13H23N3O/c1-10-7-13(17-2)5-6-16(10)9-12(8-14)15-11-3-4-11/h10-13,15H,3-7,9H2,1-2H3. The Bertz CT molecular complexity index is 285. The van der Waals surface area contributed by atoms with Crippen molar-refractivity contribution in [2.45, 2.75) is 56.8 Å². The fourth-order valence-electron chi connectivity index (χ4n) is 2.56. The minimum Gasteiger partial charge on any atom is -0.381 e. The molecule has 2 fully saturated rings. The summed E-state index contributed by atoms with van der Waals surface area (Å²) >= 11 is 0. The van der Waals surface area contributed by atoms with Crippen LogP contribution in [-0.2, 0) is 4.74 Å². The molecule has 0 aromatic heterocycles. The van der Waals surface area contributed by atoms with Gasteiger partial charge in [-0.25, -0.2) is 0 Å². The van der Waals surface area contributed by atoms with Crippen molar-refractivity contribution < 1.29 is 4.74 Å². The third-order valence-electron chi connectivity index (χ3n) is 3.89. The molecule has 3 unspecified atom stereocenters. The molecule has 1 aliphatic heterocycles. The molecule has 0 amide bonds. The molecular formula is C13H23N3O. The van der Waals surface area contributed by atoms with Crippen LogP contribution in [0.3, 0.4) is 0 Å². The summed E-state index contributed by atoms with van der Waals surface area (Å²) in [4.78, 5) is 2.42. The molecule has 96 valence electrons. The van der Waals surface area contributed by atoms with E-state index in [1.54, 1.807) is 7.11 Å². The lowest BCUT2D eigenvalue weighted by Crippen LogP contribution is -2.49. The average molecular weight is 237 g/mol. The summed E-state index contributed by atoms with van der Waals surface area (Å²) in [7, 11) is 1.79. The minimum atomic E-state index is -0.0101. The summed E-state index contributed by atoms with van der Waals surface area (Å²) in [5.74, 6) is 0. The van der Waals surface area contributed by atoms with Gasteiger partial charge in [-0.2, -0.15) is 5.26 Å². The Hall–Kier alpha value is -0.630. The van der Waals surface area contributed by atoms with E-state index in [9.17, 15) is 0 Å². The number of methoxy groups -OCH3 is 1. The van der Waals surface area contributed by atoms with Gasteiger partial charge in [0.2, 0.25) is 0 Å². The highest BCUT2D eigenvalue weighted by Gasteiger charge is 2.29. The van der Waals surface area contributed by atoms with E-state index >= 15 is 0 Å². The van der Waals surface area contributed by atoms with Gasteiger partial charge in [-0.15, -0.1) is 0 Å². The Morgan fingerprint density at radius 1 is 1.47 bits per heavy atom. The van der Waals surface area contributed by atoms with E-state index in [4.69, 9.17) is 10.00 Å². The van der Waals surface area contributed by atoms with Gasteiger partial charge in [0.1, 0.15) is 6.04 Å². The summed E-state index contributed by atoms with van der Waals surface area (Å²) in [6.07, 6.45) is 5.04. The Morgan fingerprint density at radius 3 is 2.76 bits per heavy atom. The van der Waals surface area contributed by atoms with Crippen molar-refractivity contribution in [3.63, 3.8) is 0 Å². The summed E-state index contributed by atoms with van der Waals surface area (Å²) in [5.41, 5.74) is 0. The molecule has 4 heteroatoms. The van der Waals surface area contributed by atoms with Gasteiger partial charge in [0.05, 0.1) is 12.2 Å². The van der Waals surface area contributed by atoms with Crippen LogP contribution in [0.2, 0.25) is 0 Å². The van der Waals surface area contributed by atoms with Gasteiger partial charge in [0, 0.05) is 32.3 Å². The van der Waals surface area contributed by atoms with E-state index in [2.05, 4.69) is 23.2 Å². The maximum Gasteiger partial charge on any atom is 0.108 e. The van der Waals surface area contributed by atoms with Crippen LogP contribution in [0.25, 0.3) is 0 Å². The van der Waals surface area contributed by atoms with Gasteiger partial charge < -0.3 is 4.74 Å². The molecule has 0 bridgehead atoms. The zero-order chi connectivity index (χ0) is 12.3. The molecule has 3 atom stereocenters. The van der Waals surface area contributed by atoms with Gasteiger partial charge >= 0.3 is 0 Å². The van der Waals surface area contributed by atoms with Crippen LogP contribution in [0, 0.1) is 11.3 Å². The first kappa shape index (κ1) is 12.8. The van der Waals surface area contributed by atoms with Crippen molar-refractivity contribution in [2.24, 2.45) is 0 Å². The van der Waals surface area contributed by atoms with E-state index in [0.29, 0.717) is 18.2 Å². The fraction of sp³-hybridized carbons (Fsp3) is 0.923. The monoisotopic (exact) mass is 237 g/mol. The summed E-state index contributed by atoms with van der Waals surface area (Å²) in [5, 5.41) is 12.6. The number of ether oxygens (including phenoxy) is 1. The summed E-state index contributed by atoms with van der Waals surface area (Å²) in [6, 6.07) is 3.49. The van der Waals surface area contributed by atoms with E-state index in [0.717, 1.165) is 25.9 Å². The highest BCUT2D eigenvalue weighted by Crippen LogP contribution is 2.22. The Morgan fingerprint density at radius 2 is 2.24 bits per heavy atom. The third-order valence-corrected chi connectivity index (χ3v) is 3.89. The first-order chi connectivity index (χ1) is 8.22. The SMILES string of the molecule is COC1CCN(CC(C#N)NC2CC2)C(C)C1. The zero-order valence-corrected chi connectivity index (χ0v) is 10.9. The molecule has 17 heavy (non-hydrogen) atoms. The third kappa shape index (κ3) is 3.67. The number of piperidine rings is 1. The second-order valence-electron chi connectivity index (χ2n) is 5.35. The number of rotatable bonds is 5. The fourth-order valence-corrected chi connectivity index (χ4v) is 2.56. The Balaban J connectivity index is 1.79. The predicted molar refractivity (Wildman–Crippen MR) is 66.6 cm³/mol. The molecule has 2 aliphatic rings. The van der Waals surface area contributed by atoms with Crippen LogP contribution in [0.15, 0.2) is 0 Å². The van der Waals surface area contributed by atoms with Crippen LogP contribution < -0.4 is 5.32 Å². The van der Waals surface area contributed by atoms with Crippen molar-refractivity contribution in [1.82, 2.24) is 10.2 Å². The number of hydrogen-bond acceptors (Lipinski definition) is 4. The molecule has 1 aliphatic carbocycles. The summed E-state index contributed by atoms with van der Waals surface area (Å²) in [6.45, 7) is 4.13. The van der Waals surface area contributed by atoms with Crippen molar-refractivity contribution in [3.05, 3.63) is 0 Å². The molecule has 0 radical (unpaired) electrons. The maximum absolute atomic E-state index is 9.15. The molecule has 2 rings (SSSR count). The topological polar surface area (TPSA) is 48.3 Å². The van der Waals surface area contributed by atoms with E-state index in [1.165, 1.54) is 12.8 Å². The van der Waals surface area contributed by atoms with E-state index < -0.39 is 0 Å². The zero-order valence-electron chi connectivity index (χ0n) is 10.9. The van der Waals surface area contributed by atoms with E-state index in [1.807, 2.05) is 0 Å². The van der Waals surface area contributed by atoms with Crippen LogP contribution in [0.4, 0.5) is 0 Å². The largest absolute Gasteiger partial charge is 0.381 e. The number of hydrogen-bond donors (Lipinski definition) is 1.